The first-order valence-electron chi connectivity index (χ1n) is 9.18. The van der Waals surface area contributed by atoms with Crippen molar-refractivity contribution in [3.05, 3.63) is 40.3 Å². The Morgan fingerprint density at radius 2 is 1.83 bits per heavy atom. The molecule has 2 aromatic rings. The quantitative estimate of drug-likeness (QED) is 0.514. The van der Waals surface area contributed by atoms with E-state index in [1.807, 2.05) is 0 Å². The Labute approximate surface area is 177 Å². The molecule has 1 aliphatic heterocycles. The lowest BCUT2D eigenvalue weighted by molar-refractivity contribution is -0.140. The maximum Gasteiger partial charge on any atom is 0.289 e. The second kappa shape index (κ2) is 8.98. The van der Waals surface area contributed by atoms with Crippen LogP contribution in [0, 0.1) is 5.92 Å². The van der Waals surface area contributed by atoms with Crippen LogP contribution in [0.1, 0.15) is 23.9 Å². The molecule has 12 heteroatoms. The number of sulfonamides is 1. The van der Waals surface area contributed by atoms with E-state index in [0.717, 1.165) is 0 Å². The van der Waals surface area contributed by atoms with Crippen molar-refractivity contribution in [1.82, 2.24) is 25.6 Å². The van der Waals surface area contributed by atoms with Crippen LogP contribution in [0.15, 0.2) is 35.2 Å². The fraction of sp³-hybridized carbons (Fsp3) is 0.389. The van der Waals surface area contributed by atoms with Gasteiger partial charge in [0.2, 0.25) is 21.7 Å². The van der Waals surface area contributed by atoms with Crippen LogP contribution < -0.4 is 15.4 Å². The Hall–Kier alpha value is -2.70. The third kappa shape index (κ3) is 5.07. The van der Waals surface area contributed by atoms with Gasteiger partial charge in [-0.1, -0.05) is 43.4 Å². The van der Waals surface area contributed by atoms with E-state index < -0.39 is 45.6 Å². The van der Waals surface area contributed by atoms with Crippen LogP contribution in [-0.2, 0) is 37.4 Å². The average molecular weight is 452 g/mol. The highest BCUT2D eigenvalue weighted by atomic mass is 32.2. The molecule has 30 heavy (non-hydrogen) atoms. The number of aromatic nitrogens is 2. The Morgan fingerprint density at radius 3 is 2.50 bits per heavy atom. The maximum absolute atomic E-state index is 12.9. The zero-order valence-corrected chi connectivity index (χ0v) is 17.9. The number of benzene rings is 1. The van der Waals surface area contributed by atoms with Crippen molar-refractivity contribution in [2.45, 2.75) is 43.8 Å². The number of carbonyl (C=O) groups excluding carboxylic acids is 3. The molecule has 0 spiro atoms. The van der Waals surface area contributed by atoms with E-state index in [9.17, 15) is 22.8 Å². The van der Waals surface area contributed by atoms with Crippen LogP contribution >= 0.6 is 11.3 Å². The van der Waals surface area contributed by atoms with Crippen molar-refractivity contribution in [3.63, 3.8) is 0 Å². The highest BCUT2D eigenvalue weighted by Crippen LogP contribution is 2.15. The molecule has 2 atom stereocenters. The zero-order chi connectivity index (χ0) is 21.9. The molecule has 0 saturated heterocycles. The van der Waals surface area contributed by atoms with E-state index in [2.05, 4.69) is 25.6 Å². The van der Waals surface area contributed by atoms with Crippen LogP contribution in [-0.4, -0.2) is 48.3 Å². The number of Topliss-reactive ketones (excluding diaryl/α,β-unsaturated/α-hetero) is 1. The molecule has 160 valence electrons. The van der Waals surface area contributed by atoms with Gasteiger partial charge in [0.15, 0.2) is 0 Å². The van der Waals surface area contributed by atoms with Gasteiger partial charge in [-0.25, -0.2) is 8.42 Å². The van der Waals surface area contributed by atoms with Gasteiger partial charge >= 0.3 is 0 Å². The summed E-state index contributed by atoms with van der Waals surface area (Å²) in [4.78, 5) is 37.5. The van der Waals surface area contributed by atoms with E-state index in [1.165, 1.54) is 23.5 Å². The number of hydrogen-bond acceptors (Lipinski definition) is 8. The smallest absolute Gasteiger partial charge is 0.289 e. The molecule has 2 bridgehead atoms. The average Bonchev–Trinajstić information content (AvgIpc) is 3.17. The van der Waals surface area contributed by atoms with Crippen molar-refractivity contribution in [1.29, 1.82) is 0 Å². The monoisotopic (exact) mass is 451 g/mol. The van der Waals surface area contributed by atoms with Gasteiger partial charge in [-0.3, -0.25) is 14.4 Å². The van der Waals surface area contributed by atoms with E-state index in [1.54, 1.807) is 32.0 Å². The molecule has 0 saturated carbocycles. The number of nitrogens with one attached hydrogen (secondary N) is 3. The summed E-state index contributed by atoms with van der Waals surface area (Å²) < 4.78 is 27.7. The lowest BCUT2D eigenvalue weighted by atomic mass is 10.0. The topological polar surface area (TPSA) is 147 Å². The summed E-state index contributed by atoms with van der Waals surface area (Å²) in [7, 11) is -3.96. The highest BCUT2D eigenvalue weighted by molar-refractivity contribution is 7.89. The minimum atomic E-state index is -3.96. The van der Waals surface area contributed by atoms with Crippen LogP contribution in [0.25, 0.3) is 0 Å². The van der Waals surface area contributed by atoms with Crippen molar-refractivity contribution < 1.29 is 22.8 Å². The lowest BCUT2D eigenvalue weighted by Crippen LogP contribution is -2.55. The molecule has 2 unspecified atom stereocenters. The second-order valence-corrected chi connectivity index (χ2v) is 9.92. The molecule has 0 aliphatic carbocycles. The van der Waals surface area contributed by atoms with E-state index in [-0.39, 0.29) is 17.9 Å². The summed E-state index contributed by atoms with van der Waals surface area (Å²) in [5, 5.41) is 13.9. The fourth-order valence-corrected chi connectivity index (χ4v) is 5.01. The highest BCUT2D eigenvalue weighted by Gasteiger charge is 2.34. The van der Waals surface area contributed by atoms with Gasteiger partial charge in [0.25, 0.3) is 5.91 Å². The molecule has 2 amide bonds. The van der Waals surface area contributed by atoms with E-state index in [0.29, 0.717) is 10.0 Å². The standard InChI is InChI=1S/C18H21N5O5S2/c1-10(2)15(23-30(27,28)11-6-4-3-5-7-11)17(25)20-12-8-13-21-22-14(29-13)9-19-18(26)16(12)24/h3-7,10,12,15,23H,8-9H2,1-2H3,(H,19,26)(H,20,25). The van der Waals surface area contributed by atoms with E-state index in [4.69, 9.17) is 0 Å². The normalized spacial score (nSPS) is 18.2. The van der Waals surface area contributed by atoms with Crippen LogP contribution in [0.3, 0.4) is 0 Å². The first-order valence-corrected chi connectivity index (χ1v) is 11.5. The Balaban J connectivity index is 1.80. The van der Waals surface area contributed by atoms with Crippen molar-refractivity contribution in [2.24, 2.45) is 5.92 Å². The SMILES string of the molecule is CC(C)C(NS(=O)(=O)c1ccccc1)C(=O)NC1Cc2nnc(s2)CNC(=O)C1=O. The predicted octanol–water partition coefficient (Wildman–Crippen LogP) is -0.233. The summed E-state index contributed by atoms with van der Waals surface area (Å²) in [5.74, 6) is -2.80. The van der Waals surface area contributed by atoms with Crippen LogP contribution in [0.5, 0.6) is 0 Å². The molecular weight excluding hydrogens is 430 g/mol. The predicted molar refractivity (Wildman–Crippen MR) is 108 cm³/mol. The second-order valence-electron chi connectivity index (χ2n) is 7.06. The largest absolute Gasteiger partial charge is 0.344 e. The van der Waals surface area contributed by atoms with Gasteiger partial charge in [-0.15, -0.1) is 10.2 Å². The van der Waals surface area contributed by atoms with Crippen molar-refractivity contribution >= 4 is 39.0 Å². The summed E-state index contributed by atoms with van der Waals surface area (Å²) in [6.07, 6.45) is -0.00803. The Morgan fingerprint density at radius 1 is 1.17 bits per heavy atom. The number of amides is 2. The van der Waals surface area contributed by atoms with E-state index >= 15 is 0 Å². The number of fused-ring (bicyclic) bond motifs is 2. The summed E-state index contributed by atoms with van der Waals surface area (Å²) in [6, 6.07) is 5.32. The molecule has 3 N–H and O–H groups in total. The van der Waals surface area contributed by atoms with Crippen LogP contribution in [0.2, 0.25) is 0 Å². The first-order chi connectivity index (χ1) is 14.2. The fourth-order valence-electron chi connectivity index (χ4n) is 2.82. The molecule has 1 aromatic carbocycles. The number of hydrogen-bond donors (Lipinski definition) is 3. The third-order valence-corrected chi connectivity index (χ3v) is 6.83. The van der Waals surface area contributed by atoms with Crippen molar-refractivity contribution in [2.75, 3.05) is 0 Å². The molecule has 1 aromatic heterocycles. The van der Waals surface area contributed by atoms with Gasteiger partial charge < -0.3 is 10.6 Å². The zero-order valence-electron chi connectivity index (χ0n) is 16.3. The Bertz CT molecular complexity index is 1050. The van der Waals surface area contributed by atoms with Gasteiger partial charge in [0.05, 0.1) is 11.4 Å². The summed E-state index contributed by atoms with van der Waals surface area (Å²) in [5.41, 5.74) is 0. The molecular formula is C18H21N5O5S2. The van der Waals surface area contributed by atoms with Crippen LogP contribution in [0.4, 0.5) is 0 Å². The third-order valence-electron chi connectivity index (χ3n) is 4.43. The first kappa shape index (κ1) is 22.0. The molecule has 0 fully saturated rings. The lowest BCUT2D eigenvalue weighted by Gasteiger charge is -2.24. The minimum Gasteiger partial charge on any atom is -0.344 e. The number of nitrogens with zero attached hydrogens (tertiary/aromatic N) is 2. The number of ketones is 1. The summed E-state index contributed by atoms with van der Waals surface area (Å²) in [6.45, 7) is 3.42. The maximum atomic E-state index is 12.9. The molecule has 1 aliphatic rings. The van der Waals surface area contributed by atoms with Gasteiger partial charge in [0, 0.05) is 6.42 Å². The molecule has 3 rings (SSSR count). The van der Waals surface area contributed by atoms with Gasteiger partial charge in [0.1, 0.15) is 22.1 Å². The Kier molecular flexibility index (Phi) is 6.58. The minimum absolute atomic E-state index is 0.00803. The molecule has 0 radical (unpaired) electrons. The van der Waals surface area contributed by atoms with Gasteiger partial charge in [-0.05, 0) is 18.1 Å². The number of rotatable bonds is 6. The molecule has 10 nitrogen and oxygen atoms in total. The van der Waals surface area contributed by atoms with Crippen molar-refractivity contribution in [3.8, 4) is 0 Å². The van der Waals surface area contributed by atoms with Gasteiger partial charge in [-0.2, -0.15) is 4.72 Å². The summed E-state index contributed by atoms with van der Waals surface area (Å²) >= 11 is 1.23. The molecule has 2 heterocycles. The number of carbonyl (C=O) groups is 3.